The highest BCUT2D eigenvalue weighted by molar-refractivity contribution is 5.82. The molecule has 5 nitrogen and oxygen atoms in total. The van der Waals surface area contributed by atoms with Crippen LogP contribution >= 0.6 is 0 Å². The fourth-order valence-corrected chi connectivity index (χ4v) is 3.78. The molecule has 0 aromatic heterocycles. The second kappa shape index (κ2) is 7.48. The van der Waals surface area contributed by atoms with Crippen LogP contribution in [0.25, 0.3) is 0 Å². The predicted molar refractivity (Wildman–Crippen MR) is 102 cm³/mol. The number of amides is 1. The molecule has 2 heterocycles. The first-order valence-corrected chi connectivity index (χ1v) is 9.29. The number of β-amino-alcohol motifs (C(OH)–C–C–N with tert-alkyl or cyclic N) is 1. The van der Waals surface area contributed by atoms with Gasteiger partial charge in [0.05, 0.1) is 12.1 Å². The summed E-state index contributed by atoms with van der Waals surface area (Å²) >= 11 is 0. The van der Waals surface area contributed by atoms with Gasteiger partial charge in [-0.15, -0.1) is 0 Å². The molecule has 2 aromatic rings. The van der Waals surface area contributed by atoms with Gasteiger partial charge in [-0.05, 0) is 35.6 Å². The molecule has 0 aliphatic carbocycles. The summed E-state index contributed by atoms with van der Waals surface area (Å²) in [6, 6.07) is 16.8. The Kier molecular flexibility index (Phi) is 4.91. The number of fused-ring (bicyclic) bond motifs is 1. The number of para-hydroxylation sites is 1. The van der Waals surface area contributed by atoms with Crippen LogP contribution in [0.1, 0.15) is 23.1 Å². The number of carbonyl (C=O) groups is 1. The highest BCUT2D eigenvalue weighted by atomic mass is 16.3. The minimum absolute atomic E-state index is 0.0423. The van der Waals surface area contributed by atoms with Crippen molar-refractivity contribution in [2.75, 3.05) is 18.0 Å². The molecule has 136 valence electrons. The average Bonchev–Trinajstić information content (AvgIpc) is 3.28. The molecule has 4 rings (SSSR count). The van der Waals surface area contributed by atoms with Crippen LogP contribution in [0.4, 0.5) is 5.69 Å². The minimum atomic E-state index is -0.416. The van der Waals surface area contributed by atoms with E-state index in [1.54, 1.807) is 0 Å². The van der Waals surface area contributed by atoms with E-state index in [9.17, 15) is 9.90 Å². The van der Waals surface area contributed by atoms with Crippen molar-refractivity contribution < 1.29 is 9.90 Å². The fraction of sp³-hybridized carbons (Fsp3) is 0.381. The number of carbonyl (C=O) groups excluding carboxylic acids is 1. The third kappa shape index (κ3) is 3.74. The average molecular weight is 351 g/mol. The summed E-state index contributed by atoms with van der Waals surface area (Å²) in [5.74, 6) is -0.0423. The molecule has 0 saturated carbocycles. The van der Waals surface area contributed by atoms with Gasteiger partial charge in [0.15, 0.2) is 0 Å². The van der Waals surface area contributed by atoms with Crippen molar-refractivity contribution in [3.63, 3.8) is 0 Å². The number of rotatable bonds is 5. The van der Waals surface area contributed by atoms with Gasteiger partial charge in [-0.25, -0.2) is 0 Å². The van der Waals surface area contributed by atoms with Crippen molar-refractivity contribution in [1.29, 1.82) is 0 Å². The SMILES string of the molecule is O=C(NCc1ccc(CN2CCc3ccccc32)cc1)[C@@H]1C[C@@H](O)CN1. The first-order valence-electron chi connectivity index (χ1n) is 9.29. The second-order valence-corrected chi connectivity index (χ2v) is 7.18. The number of nitrogens with zero attached hydrogens (tertiary/aromatic N) is 1. The van der Waals surface area contributed by atoms with Gasteiger partial charge < -0.3 is 20.6 Å². The molecule has 1 fully saturated rings. The van der Waals surface area contributed by atoms with Gasteiger partial charge in [-0.2, -0.15) is 0 Å². The topological polar surface area (TPSA) is 64.6 Å². The van der Waals surface area contributed by atoms with E-state index in [-0.39, 0.29) is 11.9 Å². The number of benzene rings is 2. The zero-order chi connectivity index (χ0) is 17.9. The van der Waals surface area contributed by atoms with Gasteiger partial charge in [0.1, 0.15) is 0 Å². The van der Waals surface area contributed by atoms with Crippen molar-refractivity contribution in [3.05, 3.63) is 65.2 Å². The van der Waals surface area contributed by atoms with Gasteiger partial charge >= 0.3 is 0 Å². The first-order chi connectivity index (χ1) is 12.7. The predicted octanol–water partition coefficient (Wildman–Crippen LogP) is 1.59. The number of hydrogen-bond acceptors (Lipinski definition) is 4. The quantitative estimate of drug-likeness (QED) is 0.765. The number of anilines is 1. The van der Waals surface area contributed by atoms with Crippen LogP contribution < -0.4 is 15.5 Å². The molecule has 1 amide bonds. The third-order valence-corrected chi connectivity index (χ3v) is 5.27. The number of aliphatic hydroxyl groups is 1. The molecule has 5 heteroatoms. The molecule has 1 saturated heterocycles. The van der Waals surface area contributed by atoms with Crippen LogP contribution in [0.15, 0.2) is 48.5 Å². The van der Waals surface area contributed by atoms with E-state index in [2.05, 4.69) is 64.1 Å². The van der Waals surface area contributed by atoms with Gasteiger partial charge in [0, 0.05) is 31.9 Å². The van der Waals surface area contributed by atoms with Crippen molar-refractivity contribution >= 4 is 11.6 Å². The van der Waals surface area contributed by atoms with Gasteiger partial charge in [0.25, 0.3) is 0 Å². The Labute approximate surface area is 154 Å². The molecule has 2 aliphatic rings. The number of nitrogens with one attached hydrogen (secondary N) is 2. The lowest BCUT2D eigenvalue weighted by atomic mass is 10.1. The summed E-state index contributed by atoms with van der Waals surface area (Å²) in [6.45, 7) is 2.98. The Hall–Kier alpha value is -2.37. The molecule has 0 unspecified atom stereocenters. The summed E-state index contributed by atoms with van der Waals surface area (Å²) in [5, 5.41) is 15.5. The first kappa shape index (κ1) is 17.1. The smallest absolute Gasteiger partial charge is 0.237 e. The van der Waals surface area contributed by atoms with Crippen LogP contribution in [-0.4, -0.2) is 36.2 Å². The van der Waals surface area contributed by atoms with E-state index in [1.807, 2.05) is 0 Å². The summed E-state index contributed by atoms with van der Waals surface area (Å²) in [7, 11) is 0. The normalized spacial score (nSPS) is 21.7. The van der Waals surface area contributed by atoms with Crippen molar-refractivity contribution in [2.24, 2.45) is 0 Å². The van der Waals surface area contributed by atoms with E-state index < -0.39 is 6.10 Å². The highest BCUT2D eigenvalue weighted by Gasteiger charge is 2.27. The van der Waals surface area contributed by atoms with E-state index >= 15 is 0 Å². The molecule has 26 heavy (non-hydrogen) atoms. The number of aliphatic hydroxyl groups excluding tert-OH is 1. The molecule has 0 bridgehead atoms. The van der Waals surface area contributed by atoms with Gasteiger partial charge in [0.2, 0.25) is 5.91 Å². The van der Waals surface area contributed by atoms with Crippen LogP contribution in [0.5, 0.6) is 0 Å². The maximum Gasteiger partial charge on any atom is 0.237 e. The molecule has 2 atom stereocenters. The fourth-order valence-electron chi connectivity index (χ4n) is 3.78. The van der Waals surface area contributed by atoms with Gasteiger partial charge in [-0.3, -0.25) is 4.79 Å². The molecular weight excluding hydrogens is 326 g/mol. The van der Waals surface area contributed by atoms with Crippen molar-refractivity contribution in [3.8, 4) is 0 Å². The van der Waals surface area contributed by atoms with E-state index in [4.69, 9.17) is 0 Å². The van der Waals surface area contributed by atoms with Crippen LogP contribution in [0, 0.1) is 0 Å². The van der Waals surface area contributed by atoms with Gasteiger partial charge in [-0.1, -0.05) is 42.5 Å². The van der Waals surface area contributed by atoms with Crippen LogP contribution in [-0.2, 0) is 24.3 Å². The van der Waals surface area contributed by atoms with E-state index in [1.165, 1.54) is 16.8 Å². The molecule has 0 radical (unpaired) electrons. The standard InChI is InChI=1S/C21H25N3O2/c25-18-11-19(22-13-18)21(26)23-12-15-5-7-16(8-6-15)14-24-10-9-17-3-1-2-4-20(17)24/h1-8,18-19,22,25H,9-14H2,(H,23,26)/t18-,19+/m1/s1. The van der Waals surface area contributed by atoms with Crippen LogP contribution in [0.3, 0.4) is 0 Å². The second-order valence-electron chi connectivity index (χ2n) is 7.18. The lowest BCUT2D eigenvalue weighted by Gasteiger charge is -2.19. The maximum absolute atomic E-state index is 12.1. The number of hydrogen-bond donors (Lipinski definition) is 3. The Morgan fingerprint density at radius 1 is 1.15 bits per heavy atom. The van der Waals surface area contributed by atoms with Crippen LogP contribution in [0.2, 0.25) is 0 Å². The lowest BCUT2D eigenvalue weighted by Crippen LogP contribution is -2.40. The van der Waals surface area contributed by atoms with Crippen molar-refractivity contribution in [2.45, 2.75) is 38.1 Å². The highest BCUT2D eigenvalue weighted by Crippen LogP contribution is 2.28. The maximum atomic E-state index is 12.1. The Morgan fingerprint density at radius 2 is 1.92 bits per heavy atom. The molecule has 2 aliphatic heterocycles. The molecular formula is C21H25N3O2. The third-order valence-electron chi connectivity index (χ3n) is 5.27. The summed E-state index contributed by atoms with van der Waals surface area (Å²) in [6.07, 6.45) is 1.19. The zero-order valence-corrected chi connectivity index (χ0v) is 14.8. The van der Waals surface area contributed by atoms with E-state index in [0.717, 1.165) is 25.1 Å². The molecule has 2 aromatic carbocycles. The molecule has 0 spiro atoms. The Morgan fingerprint density at radius 3 is 2.69 bits per heavy atom. The Balaban J connectivity index is 1.31. The monoisotopic (exact) mass is 351 g/mol. The van der Waals surface area contributed by atoms with E-state index in [0.29, 0.717) is 19.5 Å². The summed E-state index contributed by atoms with van der Waals surface area (Å²) < 4.78 is 0. The molecule has 3 N–H and O–H groups in total. The largest absolute Gasteiger partial charge is 0.392 e. The minimum Gasteiger partial charge on any atom is -0.392 e. The zero-order valence-electron chi connectivity index (χ0n) is 14.8. The summed E-state index contributed by atoms with van der Waals surface area (Å²) in [5.41, 5.74) is 5.13. The van der Waals surface area contributed by atoms with Crippen molar-refractivity contribution in [1.82, 2.24) is 10.6 Å². The Bertz CT molecular complexity index is 775. The lowest BCUT2D eigenvalue weighted by molar-refractivity contribution is -0.123. The summed E-state index contributed by atoms with van der Waals surface area (Å²) in [4.78, 5) is 14.5.